The van der Waals surface area contributed by atoms with Crippen molar-refractivity contribution in [2.45, 2.75) is 19.5 Å². The van der Waals surface area contributed by atoms with Crippen molar-refractivity contribution in [3.8, 4) is 5.69 Å². The minimum absolute atomic E-state index is 0.0674. The van der Waals surface area contributed by atoms with Crippen molar-refractivity contribution in [2.24, 2.45) is 0 Å². The van der Waals surface area contributed by atoms with Gasteiger partial charge in [0.05, 0.1) is 17.9 Å². The summed E-state index contributed by atoms with van der Waals surface area (Å²) in [5, 5.41) is 20.2. The first kappa shape index (κ1) is 18.8. The van der Waals surface area contributed by atoms with Gasteiger partial charge in [-0.2, -0.15) is 0 Å². The van der Waals surface area contributed by atoms with E-state index in [9.17, 15) is 19.8 Å². The van der Waals surface area contributed by atoms with Crippen molar-refractivity contribution >= 4 is 16.7 Å². The average molecular weight is 366 g/mol. The summed E-state index contributed by atoms with van der Waals surface area (Å²) in [6, 6.07) is 15.6. The molecule has 1 unspecified atom stereocenters. The number of rotatable bonds is 6. The molecule has 1 atom stereocenters. The molecule has 0 aliphatic rings. The van der Waals surface area contributed by atoms with Gasteiger partial charge in [-0.25, -0.2) is 4.79 Å². The van der Waals surface area contributed by atoms with Gasteiger partial charge in [-0.05, 0) is 32.2 Å². The van der Waals surface area contributed by atoms with Crippen molar-refractivity contribution in [3.63, 3.8) is 0 Å². The largest absolute Gasteiger partial charge is 0.478 e. The number of aliphatic hydroxyl groups excluding tert-OH is 1. The number of fused-ring (bicyclic) bond motifs is 1. The number of likely N-dealkylation sites (N-methyl/N-ethyl adjacent to an activating group) is 1. The lowest BCUT2D eigenvalue weighted by atomic mass is 10.0. The molecule has 0 saturated carbocycles. The summed E-state index contributed by atoms with van der Waals surface area (Å²) in [7, 11) is 1.79. The number of carboxylic acids is 1. The van der Waals surface area contributed by atoms with E-state index in [1.807, 2.05) is 17.9 Å². The topological polar surface area (TPSA) is 82.8 Å². The van der Waals surface area contributed by atoms with Crippen LogP contribution in [0.1, 0.15) is 23.0 Å². The van der Waals surface area contributed by atoms with Crippen molar-refractivity contribution < 1.29 is 15.0 Å². The van der Waals surface area contributed by atoms with Gasteiger partial charge in [0.15, 0.2) is 0 Å². The van der Waals surface area contributed by atoms with E-state index in [0.29, 0.717) is 22.2 Å². The number of aromatic carboxylic acids is 1. The van der Waals surface area contributed by atoms with E-state index in [1.165, 1.54) is 4.57 Å². The molecule has 2 N–H and O–H groups in total. The highest BCUT2D eigenvalue weighted by Gasteiger charge is 2.24. The molecular formula is C21H22N2O4. The Kier molecular flexibility index (Phi) is 5.39. The number of aromatic nitrogens is 1. The molecule has 6 heteroatoms. The smallest absolute Gasteiger partial charge is 0.338 e. The monoisotopic (exact) mass is 366 g/mol. The molecule has 0 radical (unpaired) electrons. The first-order valence-corrected chi connectivity index (χ1v) is 8.72. The van der Waals surface area contributed by atoms with Gasteiger partial charge in [0.2, 0.25) is 0 Å². The SMILES string of the molecule is CC(CO)N(C)Cc1c(C(=O)O)c2ccccc2c(=O)n1-c1ccccc1. The molecule has 0 aliphatic heterocycles. The maximum Gasteiger partial charge on any atom is 0.338 e. The molecule has 0 spiro atoms. The van der Waals surface area contributed by atoms with E-state index in [1.54, 1.807) is 55.6 Å². The Bertz CT molecular complexity index is 1030. The highest BCUT2D eigenvalue weighted by atomic mass is 16.4. The third-order valence-electron chi connectivity index (χ3n) is 4.83. The summed E-state index contributed by atoms with van der Waals surface area (Å²) in [6.07, 6.45) is 0. The third kappa shape index (κ3) is 3.49. The molecule has 0 saturated heterocycles. The van der Waals surface area contributed by atoms with Crippen molar-refractivity contribution in [1.82, 2.24) is 9.47 Å². The fraction of sp³-hybridized carbons (Fsp3) is 0.238. The molecule has 0 fully saturated rings. The van der Waals surface area contributed by atoms with E-state index in [2.05, 4.69) is 0 Å². The third-order valence-corrected chi connectivity index (χ3v) is 4.83. The Hall–Kier alpha value is -2.96. The van der Waals surface area contributed by atoms with Crippen molar-refractivity contribution in [1.29, 1.82) is 0 Å². The predicted octanol–water partition coefficient (Wildman–Crippen LogP) is 2.50. The lowest BCUT2D eigenvalue weighted by molar-refractivity contribution is 0.0694. The van der Waals surface area contributed by atoms with Gasteiger partial charge in [0.1, 0.15) is 0 Å². The molecule has 0 amide bonds. The molecule has 0 aliphatic carbocycles. The Balaban J connectivity index is 2.40. The fourth-order valence-electron chi connectivity index (χ4n) is 3.17. The van der Waals surface area contributed by atoms with E-state index in [4.69, 9.17) is 0 Å². The lowest BCUT2D eigenvalue weighted by Crippen LogP contribution is -2.35. The number of pyridine rings is 1. The molecule has 0 bridgehead atoms. The molecule has 2 aromatic carbocycles. The van der Waals surface area contributed by atoms with Crippen LogP contribution >= 0.6 is 0 Å². The molecule has 1 heterocycles. The second-order valence-corrected chi connectivity index (χ2v) is 6.60. The van der Waals surface area contributed by atoms with Gasteiger partial charge in [-0.1, -0.05) is 36.4 Å². The molecule has 3 aromatic rings. The van der Waals surface area contributed by atoms with Crippen LogP contribution in [0.15, 0.2) is 59.4 Å². The lowest BCUT2D eigenvalue weighted by Gasteiger charge is -2.26. The maximum absolute atomic E-state index is 13.2. The summed E-state index contributed by atoms with van der Waals surface area (Å²) >= 11 is 0. The van der Waals surface area contributed by atoms with Crippen LogP contribution in [-0.4, -0.2) is 45.3 Å². The number of nitrogens with zero attached hydrogens (tertiary/aromatic N) is 2. The standard InChI is InChI=1S/C21H22N2O4/c1-14(13-24)22(2)12-18-19(21(26)27)16-10-6-7-11-17(16)20(25)23(18)15-8-4-3-5-9-15/h3-11,14,24H,12-13H2,1-2H3,(H,26,27). The highest BCUT2D eigenvalue weighted by Crippen LogP contribution is 2.24. The Morgan fingerprint density at radius 2 is 1.67 bits per heavy atom. The molecule has 1 aromatic heterocycles. The number of para-hydroxylation sites is 1. The van der Waals surface area contributed by atoms with Gasteiger partial charge < -0.3 is 10.2 Å². The number of aliphatic hydroxyl groups is 1. The van der Waals surface area contributed by atoms with Crippen LogP contribution in [0, 0.1) is 0 Å². The molecular weight excluding hydrogens is 344 g/mol. The summed E-state index contributed by atoms with van der Waals surface area (Å²) < 4.78 is 1.46. The quantitative estimate of drug-likeness (QED) is 0.700. The van der Waals surface area contributed by atoms with Gasteiger partial charge in [-0.15, -0.1) is 0 Å². The number of carboxylic acid groups (broad SMARTS) is 1. The van der Waals surface area contributed by atoms with Crippen molar-refractivity contribution in [3.05, 3.63) is 76.2 Å². The van der Waals surface area contributed by atoms with Crippen LogP contribution in [-0.2, 0) is 6.54 Å². The van der Waals surface area contributed by atoms with Crippen LogP contribution in [0.5, 0.6) is 0 Å². The van der Waals surface area contributed by atoms with E-state index in [-0.39, 0.29) is 30.3 Å². The first-order chi connectivity index (χ1) is 13.0. The summed E-state index contributed by atoms with van der Waals surface area (Å²) in [5.74, 6) is -1.09. The Morgan fingerprint density at radius 3 is 2.26 bits per heavy atom. The second kappa shape index (κ2) is 7.73. The number of hydrogen-bond acceptors (Lipinski definition) is 4. The molecule has 6 nitrogen and oxygen atoms in total. The van der Waals surface area contributed by atoms with E-state index in [0.717, 1.165) is 0 Å². The second-order valence-electron chi connectivity index (χ2n) is 6.60. The van der Waals surface area contributed by atoms with Gasteiger partial charge in [-0.3, -0.25) is 14.3 Å². The highest BCUT2D eigenvalue weighted by molar-refractivity contribution is 6.04. The zero-order valence-electron chi connectivity index (χ0n) is 15.3. The average Bonchev–Trinajstić information content (AvgIpc) is 2.68. The Morgan fingerprint density at radius 1 is 1.07 bits per heavy atom. The van der Waals surface area contributed by atoms with Crippen LogP contribution in [0.3, 0.4) is 0 Å². The van der Waals surface area contributed by atoms with Crippen molar-refractivity contribution in [2.75, 3.05) is 13.7 Å². The summed E-state index contributed by atoms with van der Waals surface area (Å²) in [4.78, 5) is 27.2. The van der Waals surface area contributed by atoms with Gasteiger partial charge >= 0.3 is 5.97 Å². The minimum atomic E-state index is -1.09. The van der Waals surface area contributed by atoms with Gasteiger partial charge in [0.25, 0.3) is 5.56 Å². The summed E-state index contributed by atoms with van der Waals surface area (Å²) in [5.41, 5.74) is 0.837. The molecule has 140 valence electrons. The van der Waals surface area contributed by atoms with Gasteiger partial charge in [0, 0.05) is 29.0 Å². The zero-order chi connectivity index (χ0) is 19.6. The van der Waals surface area contributed by atoms with Crippen LogP contribution in [0.4, 0.5) is 0 Å². The van der Waals surface area contributed by atoms with Crippen LogP contribution in [0.2, 0.25) is 0 Å². The normalized spacial score (nSPS) is 12.4. The van der Waals surface area contributed by atoms with Crippen LogP contribution in [0.25, 0.3) is 16.5 Å². The molecule has 3 rings (SSSR count). The minimum Gasteiger partial charge on any atom is -0.478 e. The Labute approximate surface area is 156 Å². The fourth-order valence-corrected chi connectivity index (χ4v) is 3.17. The maximum atomic E-state index is 13.2. The number of hydrogen-bond donors (Lipinski definition) is 2. The number of carbonyl (C=O) groups is 1. The van der Waals surface area contributed by atoms with E-state index < -0.39 is 5.97 Å². The summed E-state index contributed by atoms with van der Waals surface area (Å²) in [6.45, 7) is 1.98. The zero-order valence-corrected chi connectivity index (χ0v) is 15.3. The van der Waals surface area contributed by atoms with Crippen LogP contribution < -0.4 is 5.56 Å². The first-order valence-electron chi connectivity index (χ1n) is 8.72. The van der Waals surface area contributed by atoms with E-state index >= 15 is 0 Å². The molecule has 27 heavy (non-hydrogen) atoms. The number of benzene rings is 2. The predicted molar refractivity (Wildman–Crippen MR) is 105 cm³/mol.